The molecule has 0 aliphatic heterocycles. The fraction of sp³-hybridized carbons (Fsp3) is 0.357. The molecule has 2 aromatic rings. The molecule has 1 aromatic carbocycles. The van der Waals surface area contributed by atoms with Gasteiger partial charge < -0.3 is 16.0 Å². The summed E-state index contributed by atoms with van der Waals surface area (Å²) in [7, 11) is 3.72. The van der Waals surface area contributed by atoms with Crippen LogP contribution in [-0.4, -0.2) is 38.0 Å². The van der Waals surface area contributed by atoms with Gasteiger partial charge in [0.05, 0.1) is 5.69 Å². The smallest absolute Gasteiger partial charge is 0.265 e. The minimum absolute atomic E-state index is 0.00768. The average Bonchev–Trinajstić information content (AvgIpc) is 2.76. The van der Waals surface area contributed by atoms with E-state index in [1.165, 1.54) is 11.3 Å². The molecule has 0 atom stereocenters. The van der Waals surface area contributed by atoms with E-state index in [1.807, 2.05) is 32.3 Å². The Labute approximate surface area is 131 Å². The van der Waals surface area contributed by atoms with Crippen molar-refractivity contribution in [1.29, 1.82) is 0 Å². The van der Waals surface area contributed by atoms with Crippen LogP contribution in [0.5, 0.6) is 0 Å². The first-order chi connectivity index (χ1) is 9.56. The number of anilines is 1. The quantitative estimate of drug-likeness (QED) is 0.810. The molecular weight excluding hydrogens is 338 g/mol. The molecule has 20 heavy (non-hydrogen) atoms. The highest BCUT2D eigenvalue weighted by Gasteiger charge is 2.20. The lowest BCUT2D eigenvalue weighted by Crippen LogP contribution is -2.29. The molecule has 0 radical (unpaired) electrons. The number of amides is 1. The van der Waals surface area contributed by atoms with Crippen LogP contribution in [0.2, 0.25) is 0 Å². The Hall–Kier alpha value is -1.11. The molecule has 0 saturated heterocycles. The van der Waals surface area contributed by atoms with Crippen LogP contribution in [0, 0.1) is 0 Å². The minimum atomic E-state index is -0.00768. The zero-order valence-corrected chi connectivity index (χ0v) is 14.0. The van der Waals surface area contributed by atoms with Crippen molar-refractivity contribution in [2.45, 2.75) is 6.42 Å². The van der Waals surface area contributed by atoms with E-state index in [0.717, 1.165) is 27.5 Å². The minimum Gasteiger partial charge on any atom is -0.397 e. The molecule has 0 fully saturated rings. The van der Waals surface area contributed by atoms with Crippen LogP contribution in [0.15, 0.2) is 22.7 Å². The Morgan fingerprint density at radius 3 is 2.90 bits per heavy atom. The van der Waals surface area contributed by atoms with Crippen molar-refractivity contribution in [3.05, 3.63) is 27.5 Å². The van der Waals surface area contributed by atoms with Crippen LogP contribution < -0.4 is 11.1 Å². The number of nitrogens with one attached hydrogen (secondary N) is 1. The molecule has 0 spiro atoms. The molecule has 2 rings (SSSR count). The lowest BCUT2D eigenvalue weighted by Gasteiger charge is -2.16. The van der Waals surface area contributed by atoms with Crippen molar-refractivity contribution in [2.24, 2.45) is 0 Å². The van der Waals surface area contributed by atoms with Gasteiger partial charge >= 0.3 is 0 Å². The second-order valence-corrected chi connectivity index (χ2v) is 6.55. The van der Waals surface area contributed by atoms with Gasteiger partial charge in [0.25, 0.3) is 5.91 Å². The number of fused-ring (bicyclic) bond motifs is 1. The summed E-state index contributed by atoms with van der Waals surface area (Å²) in [5.74, 6) is -0.00768. The van der Waals surface area contributed by atoms with E-state index >= 15 is 0 Å². The summed E-state index contributed by atoms with van der Waals surface area (Å²) < 4.78 is 1.96. The maximum atomic E-state index is 12.5. The molecule has 1 heterocycles. The van der Waals surface area contributed by atoms with E-state index in [9.17, 15) is 4.79 Å². The topological polar surface area (TPSA) is 58.4 Å². The number of nitrogens with two attached hydrogens (primary N) is 1. The summed E-state index contributed by atoms with van der Waals surface area (Å²) in [6, 6.07) is 5.88. The van der Waals surface area contributed by atoms with Gasteiger partial charge in [0.1, 0.15) is 4.88 Å². The largest absolute Gasteiger partial charge is 0.397 e. The number of hydrogen-bond acceptors (Lipinski definition) is 4. The number of carbonyl (C=O) groups is 1. The summed E-state index contributed by atoms with van der Waals surface area (Å²) in [5, 5.41) is 4.01. The number of benzene rings is 1. The zero-order valence-electron chi connectivity index (χ0n) is 11.6. The number of nitrogen functional groups attached to an aromatic ring is 1. The van der Waals surface area contributed by atoms with E-state index in [0.29, 0.717) is 17.1 Å². The van der Waals surface area contributed by atoms with Crippen LogP contribution >= 0.6 is 27.3 Å². The van der Waals surface area contributed by atoms with E-state index in [-0.39, 0.29) is 5.91 Å². The van der Waals surface area contributed by atoms with Crippen LogP contribution in [0.4, 0.5) is 5.69 Å². The SMILES string of the molecule is CNCCCN(C)C(=O)c1sc2cccc(Br)c2c1N. The molecule has 6 heteroatoms. The first-order valence-electron chi connectivity index (χ1n) is 6.42. The predicted molar refractivity (Wildman–Crippen MR) is 89.4 cm³/mol. The summed E-state index contributed by atoms with van der Waals surface area (Å²) in [4.78, 5) is 14.8. The third-order valence-corrected chi connectivity index (χ3v) is 4.98. The lowest BCUT2D eigenvalue weighted by molar-refractivity contribution is 0.0799. The summed E-state index contributed by atoms with van der Waals surface area (Å²) in [5.41, 5.74) is 6.73. The van der Waals surface area contributed by atoms with Crippen LogP contribution in [0.3, 0.4) is 0 Å². The molecule has 3 N–H and O–H groups in total. The number of nitrogens with zero attached hydrogens (tertiary/aromatic N) is 1. The monoisotopic (exact) mass is 355 g/mol. The lowest BCUT2D eigenvalue weighted by atomic mass is 10.2. The van der Waals surface area contributed by atoms with Crippen molar-refractivity contribution < 1.29 is 4.79 Å². The first kappa shape index (κ1) is 15.3. The number of rotatable bonds is 5. The van der Waals surface area contributed by atoms with Crippen LogP contribution in [0.25, 0.3) is 10.1 Å². The third kappa shape index (κ3) is 2.97. The molecule has 0 saturated carbocycles. The molecule has 4 nitrogen and oxygen atoms in total. The Bertz CT molecular complexity index is 626. The second kappa shape index (κ2) is 6.56. The van der Waals surface area contributed by atoms with Gasteiger partial charge in [0, 0.05) is 28.2 Å². The van der Waals surface area contributed by atoms with Crippen molar-refractivity contribution in [2.75, 3.05) is 32.9 Å². The maximum Gasteiger partial charge on any atom is 0.265 e. The van der Waals surface area contributed by atoms with Crippen molar-refractivity contribution >= 4 is 48.9 Å². The van der Waals surface area contributed by atoms with Crippen LogP contribution in [0.1, 0.15) is 16.1 Å². The fourth-order valence-corrected chi connectivity index (χ4v) is 3.91. The molecule has 1 amide bonds. The second-order valence-electron chi connectivity index (χ2n) is 4.64. The highest BCUT2D eigenvalue weighted by atomic mass is 79.9. The van der Waals surface area contributed by atoms with E-state index < -0.39 is 0 Å². The normalized spacial score (nSPS) is 10.9. The zero-order chi connectivity index (χ0) is 14.7. The average molecular weight is 356 g/mol. The Balaban J connectivity index is 2.26. The molecule has 108 valence electrons. The van der Waals surface area contributed by atoms with Crippen molar-refractivity contribution in [1.82, 2.24) is 10.2 Å². The van der Waals surface area contributed by atoms with E-state index in [2.05, 4.69) is 21.2 Å². The van der Waals surface area contributed by atoms with E-state index in [4.69, 9.17) is 5.73 Å². The summed E-state index contributed by atoms with van der Waals surface area (Å²) >= 11 is 4.94. The van der Waals surface area contributed by atoms with Gasteiger partial charge in [0.15, 0.2) is 0 Å². The number of carbonyl (C=O) groups excluding carboxylic acids is 1. The van der Waals surface area contributed by atoms with Gasteiger partial charge in [-0.05, 0) is 32.1 Å². The van der Waals surface area contributed by atoms with Gasteiger partial charge in [-0.3, -0.25) is 4.79 Å². The number of halogens is 1. The third-order valence-electron chi connectivity index (χ3n) is 3.16. The maximum absolute atomic E-state index is 12.5. The molecule has 1 aromatic heterocycles. The molecular formula is C14H18BrN3OS. The number of thiophene rings is 1. The summed E-state index contributed by atoms with van der Waals surface area (Å²) in [6.07, 6.45) is 0.924. The van der Waals surface area contributed by atoms with Crippen molar-refractivity contribution in [3.8, 4) is 0 Å². The highest BCUT2D eigenvalue weighted by Crippen LogP contribution is 2.38. The fourth-order valence-electron chi connectivity index (χ4n) is 2.06. The van der Waals surface area contributed by atoms with Gasteiger partial charge in [-0.2, -0.15) is 0 Å². The van der Waals surface area contributed by atoms with Crippen LogP contribution in [-0.2, 0) is 0 Å². The van der Waals surface area contributed by atoms with Gasteiger partial charge in [0.2, 0.25) is 0 Å². The predicted octanol–water partition coefficient (Wildman–Crippen LogP) is 2.93. The molecule has 0 aliphatic carbocycles. The van der Waals surface area contributed by atoms with Gasteiger partial charge in [-0.15, -0.1) is 11.3 Å². The molecule has 0 aliphatic rings. The Kier molecular flexibility index (Phi) is 5.01. The van der Waals surface area contributed by atoms with Gasteiger partial charge in [-0.25, -0.2) is 0 Å². The standard InChI is InChI=1S/C14H18BrN3OS/c1-17-7-4-8-18(2)14(19)13-12(16)11-9(15)5-3-6-10(11)20-13/h3,5-6,17H,4,7-8,16H2,1-2H3. The Morgan fingerprint density at radius 2 is 2.25 bits per heavy atom. The summed E-state index contributed by atoms with van der Waals surface area (Å²) in [6.45, 7) is 1.61. The molecule has 0 unspecified atom stereocenters. The van der Waals surface area contributed by atoms with Crippen molar-refractivity contribution in [3.63, 3.8) is 0 Å². The van der Waals surface area contributed by atoms with E-state index in [1.54, 1.807) is 4.90 Å². The van der Waals surface area contributed by atoms with Gasteiger partial charge in [-0.1, -0.05) is 22.0 Å². The Morgan fingerprint density at radius 1 is 1.50 bits per heavy atom. The highest BCUT2D eigenvalue weighted by molar-refractivity contribution is 9.10. The number of hydrogen-bond donors (Lipinski definition) is 2. The molecule has 0 bridgehead atoms. The first-order valence-corrected chi connectivity index (χ1v) is 8.03.